The van der Waals surface area contributed by atoms with Crippen LogP contribution >= 0.6 is 23.8 Å². The Hall–Kier alpha value is -2.64. The number of ether oxygens (including phenoxy) is 2. The summed E-state index contributed by atoms with van der Waals surface area (Å²) in [6, 6.07) is 9.40. The lowest BCUT2D eigenvalue weighted by Crippen LogP contribution is -2.31. The molecule has 1 aliphatic heterocycles. The molecule has 0 bridgehead atoms. The largest absolute Gasteiger partial charge is 0.493 e. The van der Waals surface area contributed by atoms with Crippen molar-refractivity contribution in [1.29, 1.82) is 0 Å². The molecule has 1 amide bonds. The fraction of sp³-hybridized carbons (Fsp3) is 0.238. The Labute approximate surface area is 179 Å². The highest BCUT2D eigenvalue weighted by molar-refractivity contribution is 7.80. The molecule has 1 saturated heterocycles. The summed E-state index contributed by atoms with van der Waals surface area (Å²) < 4.78 is 24.2. The van der Waals surface area contributed by atoms with Crippen LogP contribution < -0.4 is 14.8 Å². The van der Waals surface area contributed by atoms with Gasteiger partial charge in [0, 0.05) is 6.54 Å². The summed E-state index contributed by atoms with van der Waals surface area (Å²) in [4.78, 5) is 14.0. The molecule has 1 N–H and O–H groups in total. The third kappa shape index (κ3) is 4.86. The van der Waals surface area contributed by atoms with Crippen molar-refractivity contribution in [2.75, 3.05) is 13.7 Å². The molecule has 152 valence electrons. The lowest BCUT2D eigenvalue weighted by atomic mass is 10.1. The molecule has 0 atom stereocenters. The van der Waals surface area contributed by atoms with Gasteiger partial charge < -0.3 is 14.8 Å². The van der Waals surface area contributed by atoms with Gasteiger partial charge in [-0.3, -0.25) is 9.69 Å². The summed E-state index contributed by atoms with van der Waals surface area (Å²) in [6.45, 7) is 2.74. The third-order valence-corrected chi connectivity index (χ3v) is 4.87. The maximum absolute atomic E-state index is 13.0. The van der Waals surface area contributed by atoms with Crippen LogP contribution in [-0.4, -0.2) is 29.6 Å². The van der Waals surface area contributed by atoms with E-state index in [2.05, 4.69) is 5.32 Å². The quantitative estimate of drug-likeness (QED) is 0.512. The van der Waals surface area contributed by atoms with Crippen molar-refractivity contribution in [2.24, 2.45) is 0 Å². The molecule has 0 unspecified atom stereocenters. The Morgan fingerprint density at radius 3 is 2.66 bits per heavy atom. The molecular formula is C21H20ClFN2O3S. The molecule has 0 aliphatic carbocycles. The molecule has 3 rings (SSSR count). The number of thiocarbonyl (C=S) groups is 1. The predicted molar refractivity (Wildman–Crippen MR) is 114 cm³/mol. The van der Waals surface area contributed by atoms with E-state index in [9.17, 15) is 9.18 Å². The van der Waals surface area contributed by atoms with Gasteiger partial charge >= 0.3 is 0 Å². The number of hydrogen-bond donors (Lipinski definition) is 1. The zero-order valence-electron chi connectivity index (χ0n) is 16.0. The third-order valence-electron chi connectivity index (χ3n) is 4.27. The maximum atomic E-state index is 13.0. The second kappa shape index (κ2) is 9.24. The molecule has 0 radical (unpaired) electrons. The van der Waals surface area contributed by atoms with Crippen molar-refractivity contribution in [3.05, 3.63) is 64.1 Å². The number of nitrogens with zero attached hydrogens (tertiary/aromatic N) is 1. The first-order valence-corrected chi connectivity index (χ1v) is 9.81. The summed E-state index contributed by atoms with van der Waals surface area (Å²) in [6.07, 6.45) is 2.48. The number of carbonyl (C=O) groups excluding carboxylic acids is 1. The smallest absolute Gasteiger partial charge is 0.276 e. The fourth-order valence-corrected chi connectivity index (χ4v) is 3.42. The van der Waals surface area contributed by atoms with Gasteiger partial charge in [-0.25, -0.2) is 4.39 Å². The van der Waals surface area contributed by atoms with Crippen LogP contribution in [0.4, 0.5) is 4.39 Å². The molecule has 0 spiro atoms. The SMILES string of the molecule is CCCN1C(=O)/C(=C/c2cc(Cl)c(OCc3ccc(F)cc3)c(OC)c2)NC1=S. The molecule has 2 aromatic rings. The molecule has 1 fully saturated rings. The van der Waals surface area contributed by atoms with Crippen molar-refractivity contribution in [3.8, 4) is 11.5 Å². The normalized spacial score (nSPS) is 15.0. The van der Waals surface area contributed by atoms with Crippen molar-refractivity contribution in [3.63, 3.8) is 0 Å². The molecule has 8 heteroatoms. The monoisotopic (exact) mass is 434 g/mol. The Morgan fingerprint density at radius 1 is 1.28 bits per heavy atom. The number of amides is 1. The van der Waals surface area contributed by atoms with Gasteiger partial charge in [0.05, 0.1) is 12.1 Å². The zero-order valence-corrected chi connectivity index (χ0v) is 17.6. The van der Waals surface area contributed by atoms with Gasteiger partial charge in [-0.05, 0) is 60.1 Å². The second-order valence-electron chi connectivity index (χ2n) is 6.39. The highest BCUT2D eigenvalue weighted by atomic mass is 35.5. The van der Waals surface area contributed by atoms with Gasteiger partial charge in [0.25, 0.3) is 5.91 Å². The zero-order chi connectivity index (χ0) is 21.0. The topological polar surface area (TPSA) is 50.8 Å². The van der Waals surface area contributed by atoms with E-state index in [0.29, 0.717) is 39.4 Å². The molecule has 29 heavy (non-hydrogen) atoms. The number of halogens is 2. The van der Waals surface area contributed by atoms with E-state index in [1.54, 1.807) is 30.3 Å². The molecule has 0 saturated carbocycles. The molecule has 1 heterocycles. The van der Waals surface area contributed by atoms with Crippen LogP contribution in [0, 0.1) is 5.82 Å². The van der Waals surface area contributed by atoms with Gasteiger partial charge in [0.15, 0.2) is 16.6 Å². The van der Waals surface area contributed by atoms with Gasteiger partial charge in [-0.2, -0.15) is 0 Å². The van der Waals surface area contributed by atoms with Gasteiger partial charge in [0.1, 0.15) is 18.1 Å². The summed E-state index contributed by atoms with van der Waals surface area (Å²) >= 11 is 11.6. The minimum atomic E-state index is -0.311. The van der Waals surface area contributed by atoms with Crippen LogP contribution in [0.15, 0.2) is 42.1 Å². The number of benzene rings is 2. The van der Waals surface area contributed by atoms with E-state index in [4.69, 9.17) is 33.3 Å². The second-order valence-corrected chi connectivity index (χ2v) is 7.19. The number of nitrogens with one attached hydrogen (secondary N) is 1. The number of rotatable bonds is 7. The summed E-state index contributed by atoms with van der Waals surface area (Å²) in [5.74, 6) is 0.303. The number of carbonyl (C=O) groups is 1. The summed E-state index contributed by atoms with van der Waals surface area (Å²) in [5, 5.41) is 3.65. The van der Waals surface area contributed by atoms with E-state index in [1.807, 2.05) is 6.92 Å². The molecule has 1 aliphatic rings. The average Bonchev–Trinajstić information content (AvgIpc) is 2.96. The van der Waals surface area contributed by atoms with E-state index in [-0.39, 0.29) is 18.3 Å². The first-order chi connectivity index (χ1) is 13.9. The first kappa shape index (κ1) is 21.1. The number of hydrogen-bond acceptors (Lipinski definition) is 4. The standard InChI is InChI=1S/C21H20ClFN2O3S/c1-3-8-25-20(26)17(24-21(25)29)10-14-9-16(22)19(18(11-14)27-2)28-12-13-4-6-15(23)7-5-13/h4-7,9-11H,3,8,12H2,1-2H3,(H,24,29)/b17-10-. The van der Waals surface area contributed by atoms with Crippen LogP contribution in [0.2, 0.25) is 5.02 Å². The molecule has 5 nitrogen and oxygen atoms in total. The Bertz CT molecular complexity index is 963. The average molecular weight is 435 g/mol. The lowest BCUT2D eigenvalue weighted by Gasteiger charge is -2.14. The first-order valence-electron chi connectivity index (χ1n) is 9.02. The lowest BCUT2D eigenvalue weighted by molar-refractivity contribution is -0.122. The summed E-state index contributed by atoms with van der Waals surface area (Å²) in [7, 11) is 1.50. The highest BCUT2D eigenvalue weighted by Crippen LogP contribution is 2.37. The van der Waals surface area contributed by atoms with E-state index < -0.39 is 0 Å². The fourth-order valence-electron chi connectivity index (χ4n) is 2.86. The Kier molecular flexibility index (Phi) is 6.71. The van der Waals surface area contributed by atoms with Crippen LogP contribution in [0.3, 0.4) is 0 Å². The van der Waals surface area contributed by atoms with Crippen molar-refractivity contribution in [1.82, 2.24) is 10.2 Å². The molecule has 0 aromatic heterocycles. The summed E-state index contributed by atoms with van der Waals surface area (Å²) in [5.41, 5.74) is 1.83. The van der Waals surface area contributed by atoms with E-state index in [0.717, 1.165) is 12.0 Å². The predicted octanol–water partition coefficient (Wildman–Crippen LogP) is 4.53. The Balaban J connectivity index is 1.82. The van der Waals surface area contributed by atoms with Crippen molar-refractivity contribution >= 4 is 40.9 Å². The number of methoxy groups -OCH3 is 1. The van der Waals surface area contributed by atoms with Crippen molar-refractivity contribution < 1.29 is 18.7 Å². The van der Waals surface area contributed by atoms with E-state index in [1.165, 1.54) is 24.1 Å². The van der Waals surface area contributed by atoms with E-state index >= 15 is 0 Å². The van der Waals surface area contributed by atoms with Crippen LogP contribution in [0.1, 0.15) is 24.5 Å². The van der Waals surface area contributed by atoms with Gasteiger partial charge in [-0.1, -0.05) is 30.7 Å². The Morgan fingerprint density at radius 2 is 2.00 bits per heavy atom. The maximum Gasteiger partial charge on any atom is 0.276 e. The highest BCUT2D eigenvalue weighted by Gasteiger charge is 2.29. The van der Waals surface area contributed by atoms with Crippen LogP contribution in [0.5, 0.6) is 11.5 Å². The van der Waals surface area contributed by atoms with Gasteiger partial charge in [0.2, 0.25) is 0 Å². The molecular weight excluding hydrogens is 415 g/mol. The van der Waals surface area contributed by atoms with Crippen molar-refractivity contribution in [2.45, 2.75) is 20.0 Å². The van der Waals surface area contributed by atoms with Crippen LogP contribution in [-0.2, 0) is 11.4 Å². The van der Waals surface area contributed by atoms with Crippen LogP contribution in [0.25, 0.3) is 6.08 Å². The minimum Gasteiger partial charge on any atom is -0.493 e. The molecule has 2 aromatic carbocycles. The van der Waals surface area contributed by atoms with Gasteiger partial charge in [-0.15, -0.1) is 0 Å². The minimum absolute atomic E-state index is 0.177.